The SMILES string of the molecule is O=C(COc1cccnc1)N1Cc2cnc(N3CCOCC3)nc2C1. The second-order valence-corrected chi connectivity index (χ2v) is 5.97. The fourth-order valence-electron chi connectivity index (χ4n) is 2.90. The van der Waals surface area contributed by atoms with E-state index < -0.39 is 0 Å². The molecule has 0 aromatic carbocycles. The van der Waals surface area contributed by atoms with E-state index >= 15 is 0 Å². The van der Waals surface area contributed by atoms with Crippen LogP contribution in [0.25, 0.3) is 0 Å². The van der Waals surface area contributed by atoms with E-state index in [-0.39, 0.29) is 12.5 Å². The van der Waals surface area contributed by atoms with Crippen molar-refractivity contribution in [3.63, 3.8) is 0 Å². The van der Waals surface area contributed by atoms with Crippen LogP contribution in [0.3, 0.4) is 0 Å². The lowest BCUT2D eigenvalue weighted by Gasteiger charge is -2.26. The number of morpholine rings is 1. The summed E-state index contributed by atoms with van der Waals surface area (Å²) in [5, 5.41) is 0. The van der Waals surface area contributed by atoms with Gasteiger partial charge in [0.25, 0.3) is 5.91 Å². The van der Waals surface area contributed by atoms with Crippen LogP contribution in [0.15, 0.2) is 30.7 Å². The van der Waals surface area contributed by atoms with Crippen molar-refractivity contribution in [3.8, 4) is 5.75 Å². The molecule has 0 saturated carbocycles. The van der Waals surface area contributed by atoms with Gasteiger partial charge in [-0.15, -0.1) is 0 Å². The molecule has 1 fully saturated rings. The van der Waals surface area contributed by atoms with Gasteiger partial charge in [-0.3, -0.25) is 9.78 Å². The molecular weight excluding hydrogens is 322 g/mol. The van der Waals surface area contributed by atoms with Crippen molar-refractivity contribution < 1.29 is 14.3 Å². The summed E-state index contributed by atoms with van der Waals surface area (Å²) in [4.78, 5) is 29.3. The van der Waals surface area contributed by atoms with Gasteiger partial charge >= 0.3 is 0 Å². The first-order valence-corrected chi connectivity index (χ1v) is 8.28. The molecule has 0 radical (unpaired) electrons. The van der Waals surface area contributed by atoms with E-state index in [2.05, 4.69) is 19.9 Å². The zero-order chi connectivity index (χ0) is 17.1. The Morgan fingerprint density at radius 3 is 2.92 bits per heavy atom. The zero-order valence-electron chi connectivity index (χ0n) is 13.8. The third-order valence-corrected chi connectivity index (χ3v) is 4.29. The highest BCUT2D eigenvalue weighted by Crippen LogP contribution is 2.23. The van der Waals surface area contributed by atoms with E-state index in [1.165, 1.54) is 0 Å². The molecule has 2 aliphatic heterocycles. The number of pyridine rings is 1. The summed E-state index contributed by atoms with van der Waals surface area (Å²) >= 11 is 0. The first kappa shape index (κ1) is 15.8. The molecule has 0 atom stereocenters. The van der Waals surface area contributed by atoms with Crippen LogP contribution in [0, 0.1) is 0 Å². The Kier molecular flexibility index (Phi) is 4.43. The second-order valence-electron chi connectivity index (χ2n) is 5.97. The number of amides is 1. The minimum atomic E-state index is -0.0743. The second kappa shape index (κ2) is 7.02. The number of rotatable bonds is 4. The average molecular weight is 341 g/mol. The van der Waals surface area contributed by atoms with E-state index in [1.807, 2.05) is 6.20 Å². The summed E-state index contributed by atoms with van der Waals surface area (Å²) in [5.41, 5.74) is 1.90. The van der Waals surface area contributed by atoms with Gasteiger partial charge in [0, 0.05) is 37.6 Å². The lowest BCUT2D eigenvalue weighted by Crippen LogP contribution is -2.37. The number of aromatic nitrogens is 3. The Morgan fingerprint density at radius 1 is 1.24 bits per heavy atom. The molecule has 0 bridgehead atoms. The number of nitrogens with zero attached hydrogens (tertiary/aromatic N) is 5. The Labute approximate surface area is 145 Å². The van der Waals surface area contributed by atoms with Gasteiger partial charge in [0.05, 0.1) is 31.6 Å². The largest absolute Gasteiger partial charge is 0.482 e. The van der Waals surface area contributed by atoms with E-state index in [9.17, 15) is 4.79 Å². The monoisotopic (exact) mass is 341 g/mol. The molecule has 4 heterocycles. The minimum absolute atomic E-state index is 0.0105. The summed E-state index contributed by atoms with van der Waals surface area (Å²) in [5.74, 6) is 1.22. The number of carbonyl (C=O) groups is 1. The predicted molar refractivity (Wildman–Crippen MR) is 89.1 cm³/mol. The van der Waals surface area contributed by atoms with E-state index in [0.717, 1.165) is 24.3 Å². The number of fused-ring (bicyclic) bond motifs is 1. The molecule has 130 valence electrons. The number of carbonyl (C=O) groups excluding carboxylic acids is 1. The van der Waals surface area contributed by atoms with Crippen LogP contribution < -0.4 is 9.64 Å². The van der Waals surface area contributed by atoms with Gasteiger partial charge in [-0.05, 0) is 12.1 Å². The zero-order valence-corrected chi connectivity index (χ0v) is 13.8. The fraction of sp³-hybridized carbons (Fsp3) is 0.412. The summed E-state index contributed by atoms with van der Waals surface area (Å²) < 4.78 is 10.8. The van der Waals surface area contributed by atoms with Crippen LogP contribution in [-0.4, -0.2) is 58.7 Å². The van der Waals surface area contributed by atoms with Crippen LogP contribution >= 0.6 is 0 Å². The fourth-order valence-corrected chi connectivity index (χ4v) is 2.90. The number of anilines is 1. The third kappa shape index (κ3) is 3.53. The Morgan fingerprint density at radius 2 is 2.12 bits per heavy atom. The number of ether oxygens (including phenoxy) is 2. The highest BCUT2D eigenvalue weighted by atomic mass is 16.5. The molecule has 1 saturated heterocycles. The van der Waals surface area contributed by atoms with Gasteiger partial charge < -0.3 is 19.3 Å². The normalized spacial score (nSPS) is 16.6. The Bertz CT molecular complexity index is 749. The molecule has 0 N–H and O–H groups in total. The van der Waals surface area contributed by atoms with Gasteiger partial charge in [-0.1, -0.05) is 0 Å². The van der Waals surface area contributed by atoms with Crippen LogP contribution in [0.4, 0.5) is 5.95 Å². The number of hydrogen-bond donors (Lipinski definition) is 0. The van der Waals surface area contributed by atoms with Crippen LogP contribution in [0.2, 0.25) is 0 Å². The highest BCUT2D eigenvalue weighted by molar-refractivity contribution is 5.78. The van der Waals surface area contributed by atoms with Crippen molar-refractivity contribution in [2.45, 2.75) is 13.1 Å². The Hall–Kier alpha value is -2.74. The molecule has 0 unspecified atom stereocenters. The predicted octanol–water partition coefficient (Wildman–Crippen LogP) is 0.629. The summed E-state index contributed by atoms with van der Waals surface area (Å²) in [6, 6.07) is 3.55. The lowest BCUT2D eigenvalue weighted by molar-refractivity contribution is -0.134. The van der Waals surface area contributed by atoms with Crippen LogP contribution in [0.5, 0.6) is 5.75 Å². The molecule has 25 heavy (non-hydrogen) atoms. The molecule has 2 aromatic rings. The first-order valence-electron chi connectivity index (χ1n) is 8.28. The summed E-state index contributed by atoms with van der Waals surface area (Å²) in [6.07, 6.45) is 5.07. The van der Waals surface area contributed by atoms with E-state index in [4.69, 9.17) is 9.47 Å². The molecule has 0 spiro atoms. The topological polar surface area (TPSA) is 80.7 Å². The van der Waals surface area contributed by atoms with Crippen molar-refractivity contribution in [1.82, 2.24) is 19.9 Å². The van der Waals surface area contributed by atoms with Gasteiger partial charge in [-0.2, -0.15) is 0 Å². The summed E-state index contributed by atoms with van der Waals surface area (Å²) in [6.45, 7) is 3.97. The van der Waals surface area contributed by atoms with Crippen molar-refractivity contribution >= 4 is 11.9 Å². The molecule has 4 rings (SSSR count). The maximum atomic E-state index is 12.4. The maximum Gasteiger partial charge on any atom is 0.261 e. The minimum Gasteiger partial charge on any atom is -0.482 e. The van der Waals surface area contributed by atoms with Crippen molar-refractivity contribution in [1.29, 1.82) is 0 Å². The van der Waals surface area contributed by atoms with Crippen LogP contribution in [-0.2, 0) is 22.6 Å². The molecule has 2 aliphatic rings. The van der Waals surface area contributed by atoms with Gasteiger partial charge in [0.2, 0.25) is 5.95 Å². The average Bonchev–Trinajstić information content (AvgIpc) is 3.11. The lowest BCUT2D eigenvalue weighted by atomic mass is 10.3. The number of hydrogen-bond acceptors (Lipinski definition) is 7. The smallest absolute Gasteiger partial charge is 0.261 e. The standard InChI is InChI=1S/C17H19N5O3/c23-16(12-25-14-2-1-3-18-9-14)22-10-13-8-19-17(20-15(13)11-22)21-4-6-24-7-5-21/h1-3,8-9H,4-7,10-12H2. The maximum absolute atomic E-state index is 12.4. The molecular formula is C17H19N5O3. The van der Waals surface area contributed by atoms with Crippen molar-refractivity contribution in [2.75, 3.05) is 37.8 Å². The van der Waals surface area contributed by atoms with Gasteiger partial charge in [0.1, 0.15) is 5.75 Å². The third-order valence-electron chi connectivity index (χ3n) is 4.29. The van der Waals surface area contributed by atoms with Crippen LogP contribution in [0.1, 0.15) is 11.3 Å². The van der Waals surface area contributed by atoms with E-state index in [0.29, 0.717) is 38.0 Å². The molecule has 1 amide bonds. The molecule has 0 aliphatic carbocycles. The quantitative estimate of drug-likeness (QED) is 0.807. The van der Waals surface area contributed by atoms with Gasteiger partial charge in [0.15, 0.2) is 6.61 Å². The highest BCUT2D eigenvalue weighted by Gasteiger charge is 2.26. The molecule has 2 aromatic heterocycles. The van der Waals surface area contributed by atoms with E-state index in [1.54, 1.807) is 29.4 Å². The van der Waals surface area contributed by atoms with Crippen molar-refractivity contribution in [3.05, 3.63) is 42.0 Å². The first-order chi connectivity index (χ1) is 12.3. The van der Waals surface area contributed by atoms with Crippen molar-refractivity contribution in [2.24, 2.45) is 0 Å². The van der Waals surface area contributed by atoms with Gasteiger partial charge in [-0.25, -0.2) is 9.97 Å². The Balaban J connectivity index is 1.38. The molecule has 8 heteroatoms. The molecule has 8 nitrogen and oxygen atoms in total. The summed E-state index contributed by atoms with van der Waals surface area (Å²) in [7, 11) is 0.